The van der Waals surface area contributed by atoms with E-state index in [1.54, 1.807) is 24.3 Å². The van der Waals surface area contributed by atoms with Crippen LogP contribution in [0, 0.1) is 17.5 Å². The van der Waals surface area contributed by atoms with Gasteiger partial charge in [0.1, 0.15) is 23.5 Å². The molecule has 3 N–H and O–H groups in total. The fraction of sp³-hybridized carbons (Fsp3) is 0.115. The van der Waals surface area contributed by atoms with Crippen molar-refractivity contribution in [1.29, 1.82) is 0 Å². The van der Waals surface area contributed by atoms with Crippen LogP contribution in [0.1, 0.15) is 17.2 Å². The van der Waals surface area contributed by atoms with Crippen molar-refractivity contribution < 1.29 is 21.6 Å². The Hall–Kier alpha value is -3.89. The Balaban J connectivity index is 1.65. The molecule has 0 radical (unpaired) electrons. The summed E-state index contributed by atoms with van der Waals surface area (Å²) in [4.78, 5) is 4.36. The highest BCUT2D eigenvalue weighted by Crippen LogP contribution is 2.38. The van der Waals surface area contributed by atoms with Crippen molar-refractivity contribution in [2.75, 3.05) is 13.1 Å². The van der Waals surface area contributed by atoms with E-state index in [1.807, 2.05) is 0 Å². The Morgan fingerprint density at radius 2 is 1.61 bits per heavy atom. The molecule has 5 rings (SSSR count). The Labute approximate surface area is 206 Å². The van der Waals surface area contributed by atoms with Crippen LogP contribution < -0.4 is 11.1 Å². The molecule has 0 bridgehead atoms. The first-order chi connectivity index (χ1) is 17.2. The lowest BCUT2D eigenvalue weighted by molar-refractivity contribution is 0.436. The monoisotopic (exact) mass is 510 g/mol. The lowest BCUT2D eigenvalue weighted by Gasteiger charge is -2.37. The Kier molecular flexibility index (Phi) is 6.15. The lowest BCUT2D eigenvalue weighted by atomic mass is 9.90. The number of nitrogens with two attached hydrogens (primary N) is 1. The first kappa shape index (κ1) is 23.8. The molecule has 6 nitrogen and oxygen atoms in total. The summed E-state index contributed by atoms with van der Waals surface area (Å²) >= 11 is 0. The molecular formula is C26H21F3N4O2S. The second kappa shape index (κ2) is 9.29. The molecule has 1 unspecified atom stereocenters. The highest BCUT2D eigenvalue weighted by Gasteiger charge is 2.37. The number of rotatable bonds is 4. The van der Waals surface area contributed by atoms with Crippen molar-refractivity contribution in [2.45, 2.75) is 10.9 Å². The first-order valence-corrected chi connectivity index (χ1v) is 12.5. The number of hydrogen-bond donors (Lipinski definition) is 2. The van der Waals surface area contributed by atoms with Crippen molar-refractivity contribution in [3.63, 3.8) is 0 Å². The fourth-order valence-electron chi connectivity index (χ4n) is 4.35. The molecule has 2 aliphatic rings. The van der Waals surface area contributed by atoms with Gasteiger partial charge in [0.05, 0.1) is 4.90 Å². The molecule has 184 valence electrons. The predicted octanol–water partition coefficient (Wildman–Crippen LogP) is 4.11. The van der Waals surface area contributed by atoms with Gasteiger partial charge in [0.2, 0.25) is 10.0 Å². The molecule has 2 aliphatic heterocycles. The maximum Gasteiger partial charge on any atom is 0.243 e. The molecule has 0 saturated carbocycles. The van der Waals surface area contributed by atoms with E-state index in [2.05, 4.69) is 10.3 Å². The van der Waals surface area contributed by atoms with Crippen molar-refractivity contribution in [1.82, 2.24) is 9.62 Å². The van der Waals surface area contributed by atoms with Crippen molar-refractivity contribution in [3.8, 4) is 0 Å². The van der Waals surface area contributed by atoms with E-state index >= 15 is 0 Å². The zero-order chi connectivity index (χ0) is 25.4. The molecule has 1 atom stereocenters. The van der Waals surface area contributed by atoms with Crippen LogP contribution in [0.25, 0.3) is 6.08 Å². The topological polar surface area (TPSA) is 87.8 Å². The molecule has 0 saturated heterocycles. The predicted molar refractivity (Wildman–Crippen MR) is 130 cm³/mol. The Morgan fingerprint density at radius 1 is 0.917 bits per heavy atom. The average Bonchev–Trinajstić information content (AvgIpc) is 2.84. The van der Waals surface area contributed by atoms with E-state index in [-0.39, 0.29) is 23.9 Å². The molecule has 10 heteroatoms. The van der Waals surface area contributed by atoms with E-state index in [1.165, 1.54) is 46.8 Å². The molecule has 0 aliphatic carbocycles. The van der Waals surface area contributed by atoms with Gasteiger partial charge in [-0.3, -0.25) is 0 Å². The molecule has 3 aromatic carbocycles. The molecule has 0 aromatic heterocycles. The number of nitrogens with one attached hydrogen (secondary N) is 1. The summed E-state index contributed by atoms with van der Waals surface area (Å²) in [5, 5.41) is 3.02. The van der Waals surface area contributed by atoms with E-state index < -0.39 is 33.5 Å². The number of halogens is 3. The van der Waals surface area contributed by atoms with E-state index in [0.29, 0.717) is 28.0 Å². The number of sulfonamides is 1. The standard InChI is InChI=1S/C26H21F3N4O2S/c27-19-7-9-22(10-8-19)36(34,35)33-14-18(11-16-3-1-5-20(28)12-16)25-23(15-33)24(31-26(30)32-25)17-4-2-6-21(29)13-17/h1-13,24H,14-15H2,(H3,30,31,32)/b18-11+. The van der Waals surface area contributed by atoms with Gasteiger partial charge in [-0.2, -0.15) is 4.31 Å². The van der Waals surface area contributed by atoms with Gasteiger partial charge in [-0.15, -0.1) is 0 Å². The Bertz CT molecular complexity index is 1530. The van der Waals surface area contributed by atoms with Gasteiger partial charge in [0.15, 0.2) is 5.96 Å². The Morgan fingerprint density at radius 3 is 2.31 bits per heavy atom. The normalized spacial score (nSPS) is 19.6. The summed E-state index contributed by atoms with van der Waals surface area (Å²) in [6.07, 6.45) is 1.67. The third-order valence-electron chi connectivity index (χ3n) is 5.99. The zero-order valence-corrected chi connectivity index (χ0v) is 19.6. The molecule has 0 spiro atoms. The van der Waals surface area contributed by atoms with E-state index in [0.717, 1.165) is 12.1 Å². The van der Waals surface area contributed by atoms with Crippen LogP contribution in [0.15, 0.2) is 99.5 Å². The van der Waals surface area contributed by atoms with E-state index in [4.69, 9.17) is 5.73 Å². The van der Waals surface area contributed by atoms with Crippen LogP contribution >= 0.6 is 0 Å². The summed E-state index contributed by atoms with van der Waals surface area (Å²) < 4.78 is 69.7. The minimum Gasteiger partial charge on any atom is -0.370 e. The van der Waals surface area contributed by atoms with Crippen molar-refractivity contribution >= 4 is 22.1 Å². The summed E-state index contributed by atoms with van der Waals surface area (Å²) in [5.41, 5.74) is 8.70. The maximum absolute atomic E-state index is 14.1. The number of guanidine groups is 1. The van der Waals surface area contributed by atoms with Gasteiger partial charge < -0.3 is 11.1 Å². The third kappa shape index (κ3) is 4.65. The number of aliphatic imine (C=N–C) groups is 1. The molecule has 0 fully saturated rings. The molecule has 2 heterocycles. The number of benzene rings is 3. The van der Waals surface area contributed by atoms with Gasteiger partial charge in [-0.1, -0.05) is 24.3 Å². The second-order valence-corrected chi connectivity index (χ2v) is 10.4. The molecular weight excluding hydrogens is 489 g/mol. The third-order valence-corrected chi connectivity index (χ3v) is 7.80. The van der Waals surface area contributed by atoms with Crippen molar-refractivity contribution in [2.24, 2.45) is 10.7 Å². The summed E-state index contributed by atoms with van der Waals surface area (Å²) in [5.74, 6) is -1.38. The SMILES string of the molecule is NC1=NC(c2cccc(F)c2)C2=C(N1)/C(=C/c1cccc(F)c1)CN(S(=O)(=O)c1ccc(F)cc1)C2. The van der Waals surface area contributed by atoms with Crippen LogP contribution in [-0.2, 0) is 10.0 Å². The quantitative estimate of drug-likeness (QED) is 0.553. The smallest absolute Gasteiger partial charge is 0.243 e. The van der Waals surface area contributed by atoms with E-state index in [9.17, 15) is 21.6 Å². The molecule has 0 amide bonds. The minimum atomic E-state index is -4.05. The van der Waals surface area contributed by atoms with Crippen LogP contribution in [0.3, 0.4) is 0 Å². The van der Waals surface area contributed by atoms with Crippen LogP contribution in [0.5, 0.6) is 0 Å². The van der Waals surface area contributed by atoms with Gasteiger partial charge in [0.25, 0.3) is 0 Å². The summed E-state index contributed by atoms with van der Waals surface area (Å²) in [6, 6.07) is 15.5. The van der Waals surface area contributed by atoms with Crippen LogP contribution in [0.2, 0.25) is 0 Å². The van der Waals surface area contributed by atoms with Crippen LogP contribution in [-0.4, -0.2) is 31.8 Å². The first-order valence-electron chi connectivity index (χ1n) is 11.0. The second-order valence-electron chi connectivity index (χ2n) is 8.45. The minimum absolute atomic E-state index is 0.0643. The van der Waals surface area contributed by atoms with Gasteiger partial charge in [-0.25, -0.2) is 26.6 Å². The summed E-state index contributed by atoms with van der Waals surface area (Å²) in [7, 11) is -4.05. The van der Waals surface area contributed by atoms with Gasteiger partial charge in [-0.05, 0) is 76.9 Å². The average molecular weight is 511 g/mol. The number of nitrogens with zero attached hydrogens (tertiary/aromatic N) is 2. The highest BCUT2D eigenvalue weighted by atomic mass is 32.2. The largest absolute Gasteiger partial charge is 0.370 e. The van der Waals surface area contributed by atoms with Gasteiger partial charge >= 0.3 is 0 Å². The molecule has 3 aromatic rings. The maximum atomic E-state index is 14.1. The summed E-state index contributed by atoms with van der Waals surface area (Å²) in [6.45, 7) is -0.133. The zero-order valence-electron chi connectivity index (χ0n) is 18.8. The van der Waals surface area contributed by atoms with Crippen molar-refractivity contribution in [3.05, 3.63) is 118 Å². The number of hydrogen-bond acceptors (Lipinski definition) is 5. The fourth-order valence-corrected chi connectivity index (χ4v) is 5.75. The molecule has 36 heavy (non-hydrogen) atoms. The lowest BCUT2D eigenvalue weighted by Crippen LogP contribution is -2.46. The highest BCUT2D eigenvalue weighted by molar-refractivity contribution is 7.89. The van der Waals surface area contributed by atoms with Crippen LogP contribution in [0.4, 0.5) is 13.2 Å². The van der Waals surface area contributed by atoms with Gasteiger partial charge in [0, 0.05) is 18.8 Å².